The number of aromatic hydroxyl groups is 1. The fourth-order valence-corrected chi connectivity index (χ4v) is 4.43. The zero-order valence-corrected chi connectivity index (χ0v) is 19.6. The number of benzene rings is 3. The Bertz CT molecular complexity index is 1640. The van der Waals surface area contributed by atoms with Crippen molar-refractivity contribution in [2.75, 3.05) is 6.61 Å². The zero-order chi connectivity index (χ0) is 23.8. The van der Waals surface area contributed by atoms with Gasteiger partial charge in [-0.05, 0) is 54.1 Å². The number of ether oxygens (including phenoxy) is 1. The molecule has 0 aliphatic carbocycles. The van der Waals surface area contributed by atoms with Gasteiger partial charge < -0.3 is 14.3 Å². The Morgan fingerprint density at radius 2 is 1.76 bits per heavy atom. The van der Waals surface area contributed by atoms with Crippen molar-refractivity contribution >= 4 is 43.4 Å². The van der Waals surface area contributed by atoms with Gasteiger partial charge in [-0.2, -0.15) is 0 Å². The molecule has 6 nitrogen and oxygen atoms in total. The van der Waals surface area contributed by atoms with Crippen LogP contribution in [0.1, 0.15) is 17.3 Å². The molecule has 0 spiro atoms. The number of halogens is 1. The molecule has 0 fully saturated rings. The lowest BCUT2D eigenvalue weighted by Crippen LogP contribution is -2.07. The van der Waals surface area contributed by atoms with Crippen molar-refractivity contribution in [3.63, 3.8) is 0 Å². The Hall–Kier alpha value is -3.97. The number of hydrogen-bond acceptors (Lipinski definition) is 6. The molecule has 0 unspecified atom stereocenters. The third kappa shape index (κ3) is 3.74. The number of phenolic OH excluding ortho intramolecular Hbond substituents is 1. The van der Waals surface area contributed by atoms with E-state index in [-0.39, 0.29) is 29.4 Å². The number of carbonyl (C=O) groups excluding carboxylic acids is 1. The van der Waals surface area contributed by atoms with Gasteiger partial charge in [0.2, 0.25) is 0 Å². The predicted molar refractivity (Wildman–Crippen MR) is 134 cm³/mol. The SMILES string of the molecule is CCOC(=O)c1ccnc(-c2oc(=O)c3ccccc3c2-c2c(O)ccc3ccc(Br)cc23)c1. The number of esters is 1. The molecule has 5 aromatic rings. The summed E-state index contributed by atoms with van der Waals surface area (Å²) in [7, 11) is 0. The van der Waals surface area contributed by atoms with E-state index in [1.807, 2.05) is 30.3 Å². The third-order valence-corrected chi connectivity index (χ3v) is 6.05. The first kappa shape index (κ1) is 21.9. The molecule has 0 radical (unpaired) electrons. The molecule has 3 aromatic carbocycles. The van der Waals surface area contributed by atoms with E-state index in [2.05, 4.69) is 20.9 Å². The van der Waals surface area contributed by atoms with E-state index >= 15 is 0 Å². The summed E-state index contributed by atoms with van der Waals surface area (Å²) < 4.78 is 11.7. The third-order valence-electron chi connectivity index (χ3n) is 5.55. The molecule has 2 aromatic heterocycles. The van der Waals surface area contributed by atoms with E-state index in [0.29, 0.717) is 21.9 Å². The normalized spacial score (nSPS) is 11.1. The minimum absolute atomic E-state index is 0.0207. The quantitative estimate of drug-likeness (QED) is 0.281. The molecular formula is C27H18BrNO5. The maximum atomic E-state index is 12.9. The minimum atomic E-state index is -0.543. The highest BCUT2D eigenvalue weighted by Gasteiger charge is 2.23. The number of rotatable bonds is 4. The number of carbonyl (C=O) groups is 1. The van der Waals surface area contributed by atoms with Crippen LogP contribution >= 0.6 is 15.9 Å². The van der Waals surface area contributed by atoms with Crippen molar-refractivity contribution in [2.45, 2.75) is 6.92 Å². The Balaban J connectivity index is 1.91. The topological polar surface area (TPSA) is 89.6 Å². The minimum Gasteiger partial charge on any atom is -0.507 e. The molecule has 168 valence electrons. The van der Waals surface area contributed by atoms with E-state index in [9.17, 15) is 14.7 Å². The molecule has 0 amide bonds. The highest BCUT2D eigenvalue weighted by molar-refractivity contribution is 9.10. The summed E-state index contributed by atoms with van der Waals surface area (Å²) in [6, 6.07) is 19.3. The highest BCUT2D eigenvalue weighted by Crippen LogP contribution is 2.44. The van der Waals surface area contributed by atoms with E-state index in [1.54, 1.807) is 31.2 Å². The Labute approximate surface area is 202 Å². The lowest BCUT2D eigenvalue weighted by molar-refractivity contribution is 0.0526. The smallest absolute Gasteiger partial charge is 0.344 e. The van der Waals surface area contributed by atoms with E-state index in [4.69, 9.17) is 9.15 Å². The van der Waals surface area contributed by atoms with Crippen molar-refractivity contribution in [1.29, 1.82) is 0 Å². The van der Waals surface area contributed by atoms with Gasteiger partial charge in [-0.3, -0.25) is 4.98 Å². The Morgan fingerprint density at radius 3 is 2.56 bits per heavy atom. The van der Waals surface area contributed by atoms with Crippen molar-refractivity contribution in [1.82, 2.24) is 4.98 Å². The molecule has 2 heterocycles. The summed E-state index contributed by atoms with van der Waals surface area (Å²) in [6.45, 7) is 1.95. The predicted octanol–water partition coefficient (Wildman–Crippen LogP) is 6.32. The van der Waals surface area contributed by atoms with Gasteiger partial charge in [0.1, 0.15) is 11.4 Å². The number of pyridine rings is 1. The molecule has 0 saturated carbocycles. The average Bonchev–Trinajstić information content (AvgIpc) is 2.85. The van der Waals surface area contributed by atoms with Crippen LogP contribution in [0.2, 0.25) is 0 Å². The van der Waals surface area contributed by atoms with Crippen LogP contribution in [-0.2, 0) is 4.74 Å². The van der Waals surface area contributed by atoms with Gasteiger partial charge in [0.05, 0.1) is 17.6 Å². The van der Waals surface area contributed by atoms with Gasteiger partial charge in [0.25, 0.3) is 0 Å². The number of aromatic nitrogens is 1. The molecule has 5 rings (SSSR count). The van der Waals surface area contributed by atoms with Crippen LogP contribution in [0.4, 0.5) is 0 Å². The van der Waals surface area contributed by atoms with Gasteiger partial charge in [0, 0.05) is 27.2 Å². The van der Waals surface area contributed by atoms with Crippen LogP contribution in [0.15, 0.2) is 86.6 Å². The van der Waals surface area contributed by atoms with Crippen LogP contribution < -0.4 is 5.63 Å². The van der Waals surface area contributed by atoms with Crippen LogP contribution in [0.3, 0.4) is 0 Å². The van der Waals surface area contributed by atoms with E-state index in [1.165, 1.54) is 18.3 Å². The lowest BCUT2D eigenvalue weighted by Gasteiger charge is -2.16. The fourth-order valence-electron chi connectivity index (χ4n) is 4.07. The monoisotopic (exact) mass is 515 g/mol. The second-order valence-electron chi connectivity index (χ2n) is 7.61. The fraction of sp³-hybridized carbons (Fsp3) is 0.0741. The van der Waals surface area contributed by atoms with Crippen molar-refractivity contribution < 1.29 is 19.1 Å². The molecule has 0 atom stereocenters. The lowest BCUT2D eigenvalue weighted by atomic mass is 9.92. The second kappa shape index (κ2) is 8.76. The summed E-state index contributed by atoms with van der Waals surface area (Å²) in [4.78, 5) is 29.6. The summed E-state index contributed by atoms with van der Waals surface area (Å²) in [5.74, 6) is -0.335. The molecule has 0 saturated heterocycles. The van der Waals surface area contributed by atoms with Crippen LogP contribution in [0.5, 0.6) is 5.75 Å². The van der Waals surface area contributed by atoms with Crippen molar-refractivity contribution in [2.24, 2.45) is 0 Å². The number of fused-ring (bicyclic) bond motifs is 2. The number of hydrogen-bond donors (Lipinski definition) is 1. The number of phenols is 1. The van der Waals surface area contributed by atoms with E-state index < -0.39 is 11.6 Å². The van der Waals surface area contributed by atoms with Crippen LogP contribution in [0.25, 0.3) is 44.1 Å². The molecule has 0 aliphatic heterocycles. The maximum absolute atomic E-state index is 12.9. The second-order valence-corrected chi connectivity index (χ2v) is 8.53. The Morgan fingerprint density at radius 1 is 1.00 bits per heavy atom. The standard InChI is InChI=1S/C27H18BrNO5/c1-2-33-26(31)16-11-12-29-21(13-16)25-24(18-5-3-4-6-19(18)27(32)34-25)23-20-14-17(28)9-7-15(20)8-10-22(23)30/h3-14,30H,2H2,1H3. The highest BCUT2D eigenvalue weighted by atomic mass is 79.9. The average molecular weight is 516 g/mol. The van der Waals surface area contributed by atoms with E-state index in [0.717, 1.165) is 15.2 Å². The summed E-state index contributed by atoms with van der Waals surface area (Å²) in [5, 5.41) is 13.7. The van der Waals surface area contributed by atoms with Gasteiger partial charge in [0.15, 0.2) is 5.76 Å². The summed E-state index contributed by atoms with van der Waals surface area (Å²) >= 11 is 3.51. The molecule has 1 N–H and O–H groups in total. The summed E-state index contributed by atoms with van der Waals surface area (Å²) in [5.41, 5.74) is 1.01. The Kier molecular flexibility index (Phi) is 5.63. The van der Waals surface area contributed by atoms with Crippen LogP contribution in [0, 0.1) is 0 Å². The van der Waals surface area contributed by atoms with Gasteiger partial charge in [-0.15, -0.1) is 0 Å². The molecule has 34 heavy (non-hydrogen) atoms. The van der Waals surface area contributed by atoms with Gasteiger partial charge >= 0.3 is 11.6 Å². The first-order valence-corrected chi connectivity index (χ1v) is 11.4. The van der Waals surface area contributed by atoms with Crippen LogP contribution in [-0.4, -0.2) is 22.7 Å². The molecule has 0 aliphatic rings. The number of nitrogens with zero attached hydrogens (tertiary/aromatic N) is 1. The molecule has 7 heteroatoms. The first-order chi connectivity index (χ1) is 16.5. The summed E-state index contributed by atoms with van der Waals surface area (Å²) in [6.07, 6.45) is 1.46. The molecule has 0 bridgehead atoms. The molecular weight excluding hydrogens is 498 g/mol. The first-order valence-electron chi connectivity index (χ1n) is 10.6. The maximum Gasteiger partial charge on any atom is 0.344 e. The zero-order valence-electron chi connectivity index (χ0n) is 18.0. The largest absolute Gasteiger partial charge is 0.507 e. The van der Waals surface area contributed by atoms with Gasteiger partial charge in [-0.25, -0.2) is 9.59 Å². The van der Waals surface area contributed by atoms with Crippen molar-refractivity contribution in [3.8, 4) is 28.3 Å². The van der Waals surface area contributed by atoms with Gasteiger partial charge in [-0.1, -0.05) is 46.3 Å². The van der Waals surface area contributed by atoms with Crippen molar-refractivity contribution in [3.05, 3.63) is 93.4 Å².